The predicted octanol–water partition coefficient (Wildman–Crippen LogP) is 1.57. The van der Waals surface area contributed by atoms with Gasteiger partial charge in [0.05, 0.1) is 20.3 Å². The zero-order valence-electron chi connectivity index (χ0n) is 9.77. The van der Waals surface area contributed by atoms with Crippen LogP contribution in [0.3, 0.4) is 0 Å². The van der Waals surface area contributed by atoms with Gasteiger partial charge in [-0.05, 0) is 17.7 Å². The maximum atomic E-state index is 13.8. The summed E-state index contributed by atoms with van der Waals surface area (Å²) < 4.78 is 18.8. The molecule has 1 saturated heterocycles. The summed E-state index contributed by atoms with van der Waals surface area (Å²) in [5, 5.41) is 1.06. The van der Waals surface area contributed by atoms with Gasteiger partial charge in [-0.25, -0.2) is 9.45 Å². The highest BCUT2D eigenvalue weighted by Crippen LogP contribution is 2.27. The number of benzene rings is 1. The number of halogens is 1. The first-order valence-corrected chi connectivity index (χ1v) is 5.33. The van der Waals surface area contributed by atoms with E-state index >= 15 is 0 Å². The van der Waals surface area contributed by atoms with E-state index in [0.29, 0.717) is 18.8 Å². The lowest BCUT2D eigenvalue weighted by atomic mass is 9.96. The molecule has 0 aromatic heterocycles. The molecule has 5 heteroatoms. The molecule has 1 aromatic rings. The third-order valence-corrected chi connectivity index (χ3v) is 2.89. The van der Waals surface area contributed by atoms with E-state index in [1.807, 2.05) is 0 Å². The van der Waals surface area contributed by atoms with Crippen LogP contribution in [0.5, 0.6) is 0 Å². The average Bonchev–Trinajstić information content (AvgIpc) is 2.27. The molecule has 0 unspecified atom stereocenters. The standard InChI is InChI=1S/C12H14FNO3/c1-14(16-2)12(15)8-3-4-10(11(13)5-8)9-6-17-7-9/h3-5,9H,6-7H2,1-2H3. The molecule has 1 aliphatic heterocycles. The van der Waals surface area contributed by atoms with E-state index in [2.05, 4.69) is 0 Å². The topological polar surface area (TPSA) is 38.8 Å². The Bertz CT molecular complexity index is 432. The zero-order chi connectivity index (χ0) is 12.4. The van der Waals surface area contributed by atoms with Crippen molar-refractivity contribution >= 4 is 5.91 Å². The monoisotopic (exact) mass is 239 g/mol. The molecule has 1 heterocycles. The maximum Gasteiger partial charge on any atom is 0.277 e. The first-order valence-electron chi connectivity index (χ1n) is 5.33. The minimum Gasteiger partial charge on any atom is -0.380 e. The largest absolute Gasteiger partial charge is 0.380 e. The summed E-state index contributed by atoms with van der Waals surface area (Å²) in [6.07, 6.45) is 0. The van der Waals surface area contributed by atoms with E-state index in [1.165, 1.54) is 20.2 Å². The molecule has 0 saturated carbocycles. The van der Waals surface area contributed by atoms with Crippen molar-refractivity contribution in [3.63, 3.8) is 0 Å². The Morgan fingerprint density at radius 1 is 1.53 bits per heavy atom. The number of rotatable bonds is 3. The van der Waals surface area contributed by atoms with Crippen molar-refractivity contribution < 1.29 is 18.8 Å². The lowest BCUT2D eigenvalue weighted by Gasteiger charge is -2.26. The van der Waals surface area contributed by atoms with Crippen molar-refractivity contribution in [2.45, 2.75) is 5.92 Å². The fourth-order valence-corrected chi connectivity index (χ4v) is 1.67. The minimum absolute atomic E-state index is 0.110. The molecule has 1 aromatic carbocycles. The van der Waals surface area contributed by atoms with Crippen molar-refractivity contribution in [1.29, 1.82) is 0 Å². The highest BCUT2D eigenvalue weighted by atomic mass is 19.1. The van der Waals surface area contributed by atoms with Crippen LogP contribution in [-0.4, -0.2) is 38.3 Å². The van der Waals surface area contributed by atoms with Gasteiger partial charge in [0, 0.05) is 18.5 Å². The molecule has 17 heavy (non-hydrogen) atoms. The molecule has 1 amide bonds. The second kappa shape index (κ2) is 4.81. The van der Waals surface area contributed by atoms with Gasteiger partial charge in [-0.1, -0.05) is 6.07 Å². The van der Waals surface area contributed by atoms with E-state index in [9.17, 15) is 9.18 Å². The number of hydroxylamine groups is 2. The van der Waals surface area contributed by atoms with Crippen LogP contribution >= 0.6 is 0 Å². The molecule has 0 spiro atoms. The molecule has 0 radical (unpaired) electrons. The van der Waals surface area contributed by atoms with Crippen LogP contribution in [0.1, 0.15) is 21.8 Å². The first kappa shape index (κ1) is 12.0. The van der Waals surface area contributed by atoms with Crippen LogP contribution in [0.15, 0.2) is 18.2 Å². The molecule has 92 valence electrons. The van der Waals surface area contributed by atoms with Gasteiger partial charge in [0.15, 0.2) is 0 Å². The van der Waals surface area contributed by atoms with Crippen molar-refractivity contribution in [3.05, 3.63) is 35.1 Å². The van der Waals surface area contributed by atoms with Gasteiger partial charge in [0.1, 0.15) is 5.82 Å². The summed E-state index contributed by atoms with van der Waals surface area (Å²) in [5.41, 5.74) is 0.878. The fourth-order valence-electron chi connectivity index (χ4n) is 1.67. The van der Waals surface area contributed by atoms with Gasteiger partial charge in [-0.3, -0.25) is 9.63 Å². The van der Waals surface area contributed by atoms with Gasteiger partial charge < -0.3 is 4.74 Å². The smallest absolute Gasteiger partial charge is 0.277 e. The molecule has 4 nitrogen and oxygen atoms in total. The third kappa shape index (κ3) is 2.30. The summed E-state index contributed by atoms with van der Waals surface area (Å²) >= 11 is 0. The van der Waals surface area contributed by atoms with Crippen LogP contribution in [0.4, 0.5) is 4.39 Å². The van der Waals surface area contributed by atoms with Crippen LogP contribution < -0.4 is 0 Å². The van der Waals surface area contributed by atoms with Crippen molar-refractivity contribution in [3.8, 4) is 0 Å². The summed E-state index contributed by atoms with van der Waals surface area (Å²) in [6, 6.07) is 4.49. The van der Waals surface area contributed by atoms with Gasteiger partial charge in [0.25, 0.3) is 5.91 Å². The van der Waals surface area contributed by atoms with E-state index in [4.69, 9.17) is 9.57 Å². The highest BCUT2D eigenvalue weighted by molar-refractivity contribution is 5.93. The number of carbonyl (C=O) groups is 1. The van der Waals surface area contributed by atoms with Crippen molar-refractivity contribution in [2.24, 2.45) is 0 Å². The molecular formula is C12H14FNO3. The average molecular weight is 239 g/mol. The van der Waals surface area contributed by atoms with E-state index in [0.717, 1.165) is 5.06 Å². The van der Waals surface area contributed by atoms with E-state index in [-0.39, 0.29) is 23.2 Å². The van der Waals surface area contributed by atoms with E-state index < -0.39 is 0 Å². The lowest BCUT2D eigenvalue weighted by molar-refractivity contribution is -0.0757. The lowest BCUT2D eigenvalue weighted by Crippen LogP contribution is -2.27. The van der Waals surface area contributed by atoms with Crippen molar-refractivity contribution in [2.75, 3.05) is 27.4 Å². The maximum absolute atomic E-state index is 13.8. The Kier molecular flexibility index (Phi) is 3.40. The second-order valence-electron chi connectivity index (χ2n) is 3.96. The van der Waals surface area contributed by atoms with Gasteiger partial charge >= 0.3 is 0 Å². The Labute approximate surface area is 98.9 Å². The Hall–Kier alpha value is -1.46. The summed E-state index contributed by atoms with van der Waals surface area (Å²) in [5.74, 6) is -0.629. The number of hydrogen-bond acceptors (Lipinski definition) is 3. The Morgan fingerprint density at radius 2 is 2.24 bits per heavy atom. The van der Waals surface area contributed by atoms with Crippen LogP contribution in [0.25, 0.3) is 0 Å². The number of hydrogen-bond donors (Lipinski definition) is 0. The normalized spacial score (nSPS) is 15.5. The molecule has 0 aliphatic carbocycles. The number of amides is 1. The van der Waals surface area contributed by atoms with Crippen LogP contribution in [0, 0.1) is 5.82 Å². The van der Waals surface area contributed by atoms with Crippen LogP contribution in [-0.2, 0) is 9.57 Å². The quantitative estimate of drug-likeness (QED) is 0.751. The number of carbonyl (C=O) groups excluding carboxylic acids is 1. The van der Waals surface area contributed by atoms with Gasteiger partial charge in [-0.2, -0.15) is 0 Å². The molecule has 1 aliphatic rings. The van der Waals surface area contributed by atoms with Crippen LogP contribution in [0.2, 0.25) is 0 Å². The minimum atomic E-state index is -0.372. The SMILES string of the molecule is CON(C)C(=O)c1ccc(C2COC2)c(F)c1. The number of nitrogens with zero attached hydrogens (tertiary/aromatic N) is 1. The molecule has 0 atom stereocenters. The molecule has 1 fully saturated rings. The molecule has 2 rings (SSSR count). The molecule has 0 N–H and O–H groups in total. The second-order valence-corrected chi connectivity index (χ2v) is 3.96. The fraction of sp³-hybridized carbons (Fsp3) is 0.417. The van der Waals surface area contributed by atoms with Gasteiger partial charge in [0.2, 0.25) is 0 Å². The highest BCUT2D eigenvalue weighted by Gasteiger charge is 2.24. The summed E-state index contributed by atoms with van der Waals surface area (Å²) in [4.78, 5) is 16.5. The summed E-state index contributed by atoms with van der Waals surface area (Å²) in [6.45, 7) is 1.09. The molecular weight excluding hydrogens is 225 g/mol. The first-order chi connectivity index (χ1) is 8.13. The zero-order valence-corrected chi connectivity index (χ0v) is 9.77. The van der Waals surface area contributed by atoms with E-state index in [1.54, 1.807) is 12.1 Å². The third-order valence-electron chi connectivity index (χ3n) is 2.89. The Balaban J connectivity index is 2.21. The number of ether oxygens (including phenoxy) is 1. The molecule has 0 bridgehead atoms. The predicted molar refractivity (Wildman–Crippen MR) is 59.1 cm³/mol. The summed E-state index contributed by atoms with van der Waals surface area (Å²) in [7, 11) is 2.86. The Morgan fingerprint density at radius 3 is 2.71 bits per heavy atom. The van der Waals surface area contributed by atoms with Crippen molar-refractivity contribution in [1.82, 2.24) is 5.06 Å². The van der Waals surface area contributed by atoms with Gasteiger partial charge in [-0.15, -0.1) is 0 Å².